The number of primary amides is 1. The van der Waals surface area contributed by atoms with Crippen LogP contribution in [0.1, 0.15) is 12.8 Å². The number of hydrogen-bond acceptors (Lipinski definition) is 4. The van der Waals surface area contributed by atoms with Crippen molar-refractivity contribution < 1.29 is 18.0 Å². The molecule has 0 spiro atoms. The van der Waals surface area contributed by atoms with Crippen LogP contribution in [0, 0.1) is 5.92 Å². The summed E-state index contributed by atoms with van der Waals surface area (Å²) in [6.45, 7) is 0.488. The molecule has 1 aliphatic rings. The Bertz CT molecular complexity index is 622. The second kappa shape index (κ2) is 6.23. The monoisotopic (exact) mass is 311 g/mol. The smallest absolute Gasteiger partial charge is 0.318 e. The maximum absolute atomic E-state index is 12.4. The van der Waals surface area contributed by atoms with E-state index in [2.05, 4.69) is 0 Å². The van der Waals surface area contributed by atoms with Crippen LogP contribution in [-0.2, 0) is 14.8 Å². The number of benzene rings is 1. The molecule has 0 radical (unpaired) electrons. The van der Waals surface area contributed by atoms with Crippen molar-refractivity contribution in [3.63, 3.8) is 0 Å². The number of nitrogens with one attached hydrogen (secondary N) is 1. The minimum atomic E-state index is -3.52. The standard InChI is InChI=1S/C13H17N3O4S/c14-13(18)15-12(17)10-6-8-16(9-7-10)21(19,20)11-4-2-1-3-5-11/h1-5,10H,6-9H2,(H3,14,15,17,18). The molecule has 0 bridgehead atoms. The van der Waals surface area contributed by atoms with Gasteiger partial charge in [0, 0.05) is 19.0 Å². The van der Waals surface area contributed by atoms with Crippen LogP contribution in [0.4, 0.5) is 4.79 Å². The molecule has 0 unspecified atom stereocenters. The Balaban J connectivity index is 2.01. The molecule has 3 amide bonds. The van der Waals surface area contributed by atoms with Crippen molar-refractivity contribution in [1.29, 1.82) is 0 Å². The number of piperidine rings is 1. The van der Waals surface area contributed by atoms with Gasteiger partial charge in [0.15, 0.2) is 0 Å². The van der Waals surface area contributed by atoms with E-state index in [9.17, 15) is 18.0 Å². The zero-order valence-corrected chi connectivity index (χ0v) is 12.2. The van der Waals surface area contributed by atoms with Gasteiger partial charge in [-0.15, -0.1) is 0 Å². The SMILES string of the molecule is NC(=O)NC(=O)C1CCN(S(=O)(=O)c2ccccc2)CC1. The van der Waals surface area contributed by atoms with Gasteiger partial charge in [0.1, 0.15) is 0 Å². The van der Waals surface area contributed by atoms with Crippen LogP contribution in [0.5, 0.6) is 0 Å². The Kier molecular flexibility index (Phi) is 4.59. The highest BCUT2D eigenvalue weighted by Gasteiger charge is 2.32. The van der Waals surface area contributed by atoms with Gasteiger partial charge < -0.3 is 5.73 Å². The molecule has 0 aliphatic carbocycles. The lowest BCUT2D eigenvalue weighted by atomic mass is 9.97. The second-order valence-electron chi connectivity index (χ2n) is 4.84. The first-order valence-electron chi connectivity index (χ1n) is 6.57. The van der Waals surface area contributed by atoms with Gasteiger partial charge in [-0.05, 0) is 25.0 Å². The van der Waals surface area contributed by atoms with Gasteiger partial charge in [-0.2, -0.15) is 4.31 Å². The fourth-order valence-corrected chi connectivity index (χ4v) is 3.81. The number of urea groups is 1. The number of imide groups is 1. The van der Waals surface area contributed by atoms with E-state index in [0.29, 0.717) is 12.8 Å². The molecule has 1 heterocycles. The normalized spacial score (nSPS) is 17.3. The summed E-state index contributed by atoms with van der Waals surface area (Å²) < 4.78 is 26.1. The maximum Gasteiger partial charge on any atom is 0.318 e. The van der Waals surface area contributed by atoms with Crippen molar-refractivity contribution in [2.45, 2.75) is 17.7 Å². The third kappa shape index (κ3) is 3.59. The molecule has 1 fully saturated rings. The van der Waals surface area contributed by atoms with E-state index < -0.39 is 22.0 Å². The molecule has 8 heteroatoms. The summed E-state index contributed by atoms with van der Waals surface area (Å²) in [5, 5.41) is 2.03. The predicted molar refractivity (Wildman–Crippen MR) is 75.7 cm³/mol. The zero-order valence-electron chi connectivity index (χ0n) is 11.4. The molecule has 2 rings (SSSR count). The maximum atomic E-state index is 12.4. The van der Waals surface area contributed by atoms with E-state index in [1.807, 2.05) is 5.32 Å². The lowest BCUT2D eigenvalue weighted by Crippen LogP contribution is -2.45. The van der Waals surface area contributed by atoms with Crippen LogP contribution in [-0.4, -0.2) is 37.8 Å². The number of amides is 3. The molecule has 1 saturated heterocycles. The first-order chi connectivity index (χ1) is 9.91. The third-order valence-electron chi connectivity index (χ3n) is 3.45. The molecule has 21 heavy (non-hydrogen) atoms. The minimum absolute atomic E-state index is 0.241. The second-order valence-corrected chi connectivity index (χ2v) is 6.78. The van der Waals surface area contributed by atoms with E-state index in [4.69, 9.17) is 5.73 Å². The molecule has 1 aromatic carbocycles. The zero-order chi connectivity index (χ0) is 15.5. The average molecular weight is 311 g/mol. The summed E-state index contributed by atoms with van der Waals surface area (Å²) in [6.07, 6.45) is 0.732. The average Bonchev–Trinajstić information content (AvgIpc) is 2.47. The minimum Gasteiger partial charge on any atom is -0.351 e. The Hall–Kier alpha value is -1.93. The predicted octanol–water partition coefficient (Wildman–Crippen LogP) is 0.282. The van der Waals surface area contributed by atoms with Gasteiger partial charge in [-0.25, -0.2) is 13.2 Å². The topological polar surface area (TPSA) is 110 Å². The highest BCUT2D eigenvalue weighted by Crippen LogP contribution is 2.23. The van der Waals surface area contributed by atoms with Crippen LogP contribution < -0.4 is 11.1 Å². The summed E-state index contributed by atoms with van der Waals surface area (Å²) in [6, 6.07) is 7.28. The van der Waals surface area contributed by atoms with Gasteiger partial charge in [-0.3, -0.25) is 10.1 Å². The molecule has 7 nitrogen and oxygen atoms in total. The van der Waals surface area contributed by atoms with Gasteiger partial charge in [0.2, 0.25) is 15.9 Å². The molecule has 114 valence electrons. The van der Waals surface area contributed by atoms with Gasteiger partial charge >= 0.3 is 6.03 Å². The molecule has 0 saturated carbocycles. The number of nitrogens with zero attached hydrogens (tertiary/aromatic N) is 1. The molecular formula is C13H17N3O4S. The first kappa shape index (κ1) is 15.5. The van der Waals surface area contributed by atoms with Crippen LogP contribution >= 0.6 is 0 Å². The number of nitrogens with two attached hydrogens (primary N) is 1. The molecular weight excluding hydrogens is 294 g/mol. The molecule has 0 atom stereocenters. The van der Waals surface area contributed by atoms with Gasteiger partial charge in [0.05, 0.1) is 4.90 Å². The van der Waals surface area contributed by atoms with E-state index in [1.54, 1.807) is 30.3 Å². The molecule has 0 aromatic heterocycles. The van der Waals surface area contributed by atoms with Crippen molar-refractivity contribution in [1.82, 2.24) is 9.62 Å². The van der Waals surface area contributed by atoms with Crippen molar-refractivity contribution >= 4 is 22.0 Å². The Labute approximate surface area is 123 Å². The summed E-state index contributed by atoms with van der Waals surface area (Å²) in [5.74, 6) is -0.834. The molecule has 1 aliphatic heterocycles. The third-order valence-corrected chi connectivity index (χ3v) is 5.36. The van der Waals surface area contributed by atoms with Crippen LogP contribution in [0.25, 0.3) is 0 Å². The number of hydrogen-bond donors (Lipinski definition) is 2. The Morgan fingerprint density at radius 2 is 1.71 bits per heavy atom. The number of rotatable bonds is 3. The van der Waals surface area contributed by atoms with Crippen molar-refractivity contribution in [2.24, 2.45) is 11.7 Å². The van der Waals surface area contributed by atoms with Crippen LogP contribution in [0.3, 0.4) is 0 Å². The van der Waals surface area contributed by atoms with E-state index in [0.717, 1.165) is 0 Å². The molecule has 3 N–H and O–H groups in total. The van der Waals surface area contributed by atoms with E-state index >= 15 is 0 Å². The van der Waals surface area contributed by atoms with E-state index in [-0.39, 0.29) is 23.9 Å². The highest BCUT2D eigenvalue weighted by molar-refractivity contribution is 7.89. The number of carbonyl (C=O) groups excluding carboxylic acids is 2. The summed E-state index contributed by atoms with van der Waals surface area (Å²) >= 11 is 0. The quantitative estimate of drug-likeness (QED) is 0.835. The van der Waals surface area contributed by atoms with Crippen LogP contribution in [0.15, 0.2) is 35.2 Å². The summed E-state index contributed by atoms with van der Waals surface area (Å²) in [4.78, 5) is 22.5. The lowest BCUT2D eigenvalue weighted by Gasteiger charge is -2.30. The Morgan fingerprint density at radius 3 is 2.24 bits per heavy atom. The largest absolute Gasteiger partial charge is 0.351 e. The first-order valence-corrected chi connectivity index (χ1v) is 8.01. The van der Waals surface area contributed by atoms with Crippen LogP contribution in [0.2, 0.25) is 0 Å². The van der Waals surface area contributed by atoms with Gasteiger partial charge in [0.25, 0.3) is 0 Å². The van der Waals surface area contributed by atoms with Gasteiger partial charge in [-0.1, -0.05) is 18.2 Å². The van der Waals surface area contributed by atoms with E-state index in [1.165, 1.54) is 4.31 Å². The number of carbonyl (C=O) groups is 2. The van der Waals surface area contributed by atoms with Crippen molar-refractivity contribution in [2.75, 3.05) is 13.1 Å². The number of sulfonamides is 1. The van der Waals surface area contributed by atoms with Crippen molar-refractivity contribution in [3.8, 4) is 0 Å². The van der Waals surface area contributed by atoms with Crippen molar-refractivity contribution in [3.05, 3.63) is 30.3 Å². The Morgan fingerprint density at radius 1 is 1.14 bits per heavy atom. The fourth-order valence-electron chi connectivity index (χ4n) is 2.32. The highest BCUT2D eigenvalue weighted by atomic mass is 32.2. The summed E-state index contributed by atoms with van der Waals surface area (Å²) in [7, 11) is -3.52. The molecule has 1 aromatic rings. The summed E-state index contributed by atoms with van der Waals surface area (Å²) in [5.41, 5.74) is 4.90. The fraction of sp³-hybridized carbons (Fsp3) is 0.385. The lowest BCUT2D eigenvalue weighted by molar-refractivity contribution is -0.124.